The Morgan fingerprint density at radius 3 is 2.89 bits per heavy atom. The molecule has 0 bridgehead atoms. The van der Waals surface area contributed by atoms with Crippen LogP contribution in [0.25, 0.3) is 10.9 Å². The third-order valence-corrected chi connectivity index (χ3v) is 4.95. The molecule has 0 radical (unpaired) electrons. The minimum absolute atomic E-state index is 0.0531. The molecule has 6 heteroatoms. The third-order valence-electron chi connectivity index (χ3n) is 4.67. The molecular weight excluding hydrogens is 364 g/mol. The number of hydrogen-bond donors (Lipinski definition) is 1. The van der Waals surface area contributed by atoms with Crippen LogP contribution in [0.2, 0.25) is 5.02 Å². The topological polar surface area (TPSA) is 52.5 Å². The van der Waals surface area contributed by atoms with Crippen LogP contribution in [0.3, 0.4) is 0 Å². The van der Waals surface area contributed by atoms with Crippen molar-refractivity contribution >= 4 is 28.4 Å². The Bertz CT molecular complexity index is 997. The second-order valence-electron chi connectivity index (χ2n) is 6.66. The average Bonchev–Trinajstić information content (AvgIpc) is 2.82. The van der Waals surface area contributed by atoms with Crippen molar-refractivity contribution in [1.29, 1.82) is 0 Å². The summed E-state index contributed by atoms with van der Waals surface area (Å²) in [6.07, 6.45) is 0.821. The molecule has 0 aliphatic carbocycles. The maximum Gasteiger partial charge on any atom is 0.240 e. The number of ether oxygens (including phenoxy) is 2. The van der Waals surface area contributed by atoms with Gasteiger partial charge < -0.3 is 19.4 Å². The predicted octanol–water partition coefficient (Wildman–Crippen LogP) is 4.08. The van der Waals surface area contributed by atoms with Gasteiger partial charge in [-0.3, -0.25) is 4.79 Å². The van der Waals surface area contributed by atoms with Gasteiger partial charge in [-0.2, -0.15) is 0 Å². The average molecular weight is 385 g/mol. The van der Waals surface area contributed by atoms with Crippen LogP contribution in [0.15, 0.2) is 42.5 Å². The summed E-state index contributed by atoms with van der Waals surface area (Å²) in [6.45, 7) is 3.86. The molecule has 4 rings (SSSR count). The van der Waals surface area contributed by atoms with E-state index in [1.807, 2.05) is 41.8 Å². The van der Waals surface area contributed by atoms with Crippen LogP contribution < -0.4 is 14.8 Å². The van der Waals surface area contributed by atoms with Gasteiger partial charge in [0, 0.05) is 24.2 Å². The number of hydrogen-bond acceptors (Lipinski definition) is 3. The number of benzene rings is 2. The van der Waals surface area contributed by atoms with Crippen molar-refractivity contribution in [3.05, 3.63) is 58.7 Å². The zero-order valence-electron chi connectivity index (χ0n) is 15.1. The lowest BCUT2D eigenvalue weighted by Crippen LogP contribution is -2.27. The molecule has 1 aliphatic rings. The van der Waals surface area contributed by atoms with Crippen LogP contribution >= 0.6 is 11.6 Å². The normalized spacial score (nSPS) is 13.4. The fourth-order valence-corrected chi connectivity index (χ4v) is 3.63. The van der Waals surface area contributed by atoms with Crippen LogP contribution in [0.4, 0.5) is 0 Å². The highest BCUT2D eigenvalue weighted by molar-refractivity contribution is 6.32. The largest absolute Gasteiger partial charge is 0.489 e. The molecule has 2 heterocycles. The van der Waals surface area contributed by atoms with Gasteiger partial charge in [-0.1, -0.05) is 29.8 Å². The highest BCUT2D eigenvalue weighted by atomic mass is 35.5. The van der Waals surface area contributed by atoms with Gasteiger partial charge in [-0.05, 0) is 42.1 Å². The molecule has 0 saturated carbocycles. The van der Waals surface area contributed by atoms with Gasteiger partial charge >= 0.3 is 0 Å². The maximum atomic E-state index is 12.5. The van der Waals surface area contributed by atoms with E-state index in [0.29, 0.717) is 36.3 Å². The van der Waals surface area contributed by atoms with E-state index in [0.717, 1.165) is 28.6 Å². The molecule has 140 valence electrons. The zero-order valence-corrected chi connectivity index (χ0v) is 15.9. The van der Waals surface area contributed by atoms with Crippen LogP contribution in [0.5, 0.6) is 11.5 Å². The van der Waals surface area contributed by atoms with Crippen molar-refractivity contribution in [2.45, 2.75) is 26.4 Å². The zero-order chi connectivity index (χ0) is 18.8. The molecule has 0 unspecified atom stereocenters. The van der Waals surface area contributed by atoms with E-state index in [2.05, 4.69) is 17.4 Å². The number of halogens is 1. The first-order valence-corrected chi connectivity index (χ1v) is 9.39. The number of nitrogens with zero attached hydrogens (tertiary/aromatic N) is 1. The Kier molecular flexibility index (Phi) is 4.94. The van der Waals surface area contributed by atoms with Gasteiger partial charge in [0.05, 0.1) is 18.2 Å². The number of amides is 1. The van der Waals surface area contributed by atoms with Crippen molar-refractivity contribution in [3.63, 3.8) is 0 Å². The second-order valence-corrected chi connectivity index (χ2v) is 7.07. The molecule has 0 saturated heterocycles. The molecule has 1 aliphatic heterocycles. The summed E-state index contributed by atoms with van der Waals surface area (Å²) in [4.78, 5) is 12.5. The Labute approximate surface area is 162 Å². The number of carbonyl (C=O) groups excluding carboxylic acids is 1. The summed E-state index contributed by atoms with van der Waals surface area (Å²) in [7, 11) is 0. The monoisotopic (exact) mass is 384 g/mol. The summed E-state index contributed by atoms with van der Waals surface area (Å²) in [6, 6.07) is 13.8. The van der Waals surface area contributed by atoms with Crippen LogP contribution in [0.1, 0.15) is 17.7 Å². The molecule has 5 nitrogen and oxygen atoms in total. The van der Waals surface area contributed by atoms with E-state index in [9.17, 15) is 4.79 Å². The molecule has 27 heavy (non-hydrogen) atoms. The van der Waals surface area contributed by atoms with Crippen molar-refractivity contribution in [1.82, 2.24) is 9.88 Å². The fourth-order valence-electron chi connectivity index (χ4n) is 3.34. The third kappa shape index (κ3) is 3.74. The van der Waals surface area contributed by atoms with Crippen molar-refractivity contribution in [2.75, 3.05) is 13.2 Å². The Hall–Kier alpha value is -2.66. The standard InChI is InChI=1S/C21H21ClN2O3/c1-14-9-16-5-2-3-6-18(16)24(14)13-20(25)23-12-15-10-17(22)21-19(11-15)26-7-4-8-27-21/h2-3,5-6,9-11H,4,7-8,12-13H2,1H3,(H,23,25). The first-order valence-electron chi connectivity index (χ1n) is 9.01. The van der Waals surface area contributed by atoms with Gasteiger partial charge in [0.1, 0.15) is 6.54 Å². The van der Waals surface area contributed by atoms with Crippen LogP contribution in [-0.2, 0) is 17.9 Å². The molecule has 0 atom stereocenters. The summed E-state index contributed by atoms with van der Waals surface area (Å²) in [5, 5.41) is 4.61. The van der Waals surface area contributed by atoms with Crippen LogP contribution in [-0.4, -0.2) is 23.7 Å². The quantitative estimate of drug-likeness (QED) is 0.737. The van der Waals surface area contributed by atoms with Crippen molar-refractivity contribution in [3.8, 4) is 11.5 Å². The highest BCUT2D eigenvalue weighted by Gasteiger charge is 2.16. The summed E-state index contributed by atoms with van der Waals surface area (Å²) >= 11 is 6.31. The SMILES string of the molecule is Cc1cc2ccccc2n1CC(=O)NCc1cc(Cl)c2c(c1)OCCCO2. The Balaban J connectivity index is 1.46. The number of aromatic nitrogens is 1. The Morgan fingerprint density at radius 2 is 2.00 bits per heavy atom. The lowest BCUT2D eigenvalue weighted by Gasteiger charge is -2.13. The molecule has 0 spiro atoms. The van der Waals surface area contributed by atoms with Gasteiger partial charge in [-0.25, -0.2) is 0 Å². The van der Waals surface area contributed by atoms with Crippen LogP contribution in [0, 0.1) is 6.92 Å². The van der Waals surface area contributed by atoms with Gasteiger partial charge in [0.25, 0.3) is 0 Å². The van der Waals surface area contributed by atoms with Gasteiger partial charge in [0.15, 0.2) is 11.5 Å². The summed E-state index contributed by atoms with van der Waals surface area (Å²) in [5.41, 5.74) is 3.00. The molecule has 1 N–H and O–H groups in total. The number of aryl methyl sites for hydroxylation is 1. The number of nitrogens with one attached hydrogen (secondary N) is 1. The maximum absolute atomic E-state index is 12.5. The lowest BCUT2D eigenvalue weighted by atomic mass is 10.2. The van der Waals surface area contributed by atoms with Gasteiger partial charge in [0.2, 0.25) is 5.91 Å². The summed E-state index contributed by atoms with van der Waals surface area (Å²) < 4.78 is 13.4. The molecule has 1 amide bonds. The van der Waals surface area contributed by atoms with E-state index in [1.54, 1.807) is 0 Å². The first-order chi connectivity index (χ1) is 13.1. The number of carbonyl (C=O) groups is 1. The second kappa shape index (κ2) is 7.53. The van der Waals surface area contributed by atoms with Crippen molar-refractivity contribution < 1.29 is 14.3 Å². The van der Waals surface area contributed by atoms with Crippen molar-refractivity contribution in [2.24, 2.45) is 0 Å². The minimum atomic E-state index is -0.0531. The number of rotatable bonds is 4. The smallest absolute Gasteiger partial charge is 0.240 e. The van der Waals surface area contributed by atoms with E-state index in [4.69, 9.17) is 21.1 Å². The van der Waals surface area contributed by atoms with E-state index in [-0.39, 0.29) is 12.5 Å². The lowest BCUT2D eigenvalue weighted by molar-refractivity contribution is -0.121. The molecular formula is C21H21ClN2O3. The van der Waals surface area contributed by atoms with E-state index >= 15 is 0 Å². The molecule has 2 aromatic carbocycles. The molecule has 0 fully saturated rings. The fraction of sp³-hybridized carbons (Fsp3) is 0.286. The molecule has 3 aromatic rings. The number of fused-ring (bicyclic) bond motifs is 2. The van der Waals surface area contributed by atoms with Gasteiger partial charge in [-0.15, -0.1) is 0 Å². The molecule has 1 aromatic heterocycles. The Morgan fingerprint density at radius 1 is 1.19 bits per heavy atom. The number of para-hydroxylation sites is 1. The van der Waals surface area contributed by atoms with E-state index in [1.165, 1.54) is 0 Å². The first kappa shape index (κ1) is 17.7. The predicted molar refractivity (Wildman–Crippen MR) is 106 cm³/mol. The summed E-state index contributed by atoms with van der Waals surface area (Å²) in [5.74, 6) is 1.16. The minimum Gasteiger partial charge on any atom is -0.489 e. The van der Waals surface area contributed by atoms with E-state index < -0.39 is 0 Å². The highest BCUT2D eigenvalue weighted by Crippen LogP contribution is 2.37.